The molecule has 0 aliphatic heterocycles. The predicted molar refractivity (Wildman–Crippen MR) is 54.7 cm³/mol. The largest absolute Gasteiger partial charge is 0.462 e. The Morgan fingerprint density at radius 2 is 2.00 bits per heavy atom. The van der Waals surface area contributed by atoms with Crippen molar-refractivity contribution in [2.75, 3.05) is 6.61 Å². The maximum Gasteiger partial charge on any atom is 0.338 e. The van der Waals surface area contributed by atoms with E-state index in [0.29, 0.717) is 12.2 Å². The van der Waals surface area contributed by atoms with E-state index in [4.69, 9.17) is 4.74 Å². The number of hydrogen-bond donors (Lipinski definition) is 0. The van der Waals surface area contributed by atoms with Crippen LogP contribution in [0.25, 0.3) is 0 Å². The van der Waals surface area contributed by atoms with Gasteiger partial charge in [0.15, 0.2) is 0 Å². The Balaban J connectivity index is 2.61. The summed E-state index contributed by atoms with van der Waals surface area (Å²) in [4.78, 5) is 11.3. The second-order valence-corrected chi connectivity index (χ2v) is 3.56. The quantitative estimate of drug-likeness (QED) is 0.762. The maximum absolute atomic E-state index is 11.3. The van der Waals surface area contributed by atoms with Crippen LogP contribution in [0.2, 0.25) is 0 Å². The van der Waals surface area contributed by atoms with Crippen molar-refractivity contribution in [1.82, 2.24) is 0 Å². The molecule has 0 fully saturated rings. The number of ether oxygens (including phenoxy) is 1. The van der Waals surface area contributed by atoms with Crippen molar-refractivity contribution in [1.29, 1.82) is 0 Å². The first kappa shape index (κ1) is 10.3. The minimum absolute atomic E-state index is 0.255. The van der Waals surface area contributed by atoms with E-state index in [0.717, 1.165) is 10.9 Å². The number of esters is 1. The van der Waals surface area contributed by atoms with E-state index in [2.05, 4.69) is 15.9 Å². The zero-order chi connectivity index (χ0) is 9.68. The van der Waals surface area contributed by atoms with Crippen LogP contribution in [0.15, 0.2) is 28.7 Å². The Morgan fingerprint density at radius 3 is 2.54 bits per heavy atom. The standard InChI is InChI=1S/C10H11BrO2/c1-2-7-13-10(12)8-3-5-9(11)6-4-8/h3-6H,2,7H2,1H3. The van der Waals surface area contributed by atoms with Gasteiger partial charge in [-0.15, -0.1) is 0 Å². The van der Waals surface area contributed by atoms with E-state index in [-0.39, 0.29) is 5.97 Å². The van der Waals surface area contributed by atoms with Crippen LogP contribution in [-0.2, 0) is 4.74 Å². The smallest absolute Gasteiger partial charge is 0.338 e. The predicted octanol–water partition coefficient (Wildman–Crippen LogP) is 3.02. The lowest BCUT2D eigenvalue weighted by Gasteiger charge is -2.02. The minimum Gasteiger partial charge on any atom is -0.462 e. The lowest BCUT2D eigenvalue weighted by molar-refractivity contribution is 0.0505. The second-order valence-electron chi connectivity index (χ2n) is 2.64. The Bertz CT molecular complexity index is 279. The van der Waals surface area contributed by atoms with Crippen LogP contribution >= 0.6 is 15.9 Å². The van der Waals surface area contributed by atoms with Gasteiger partial charge in [-0.05, 0) is 30.7 Å². The molecular formula is C10H11BrO2. The van der Waals surface area contributed by atoms with Crippen molar-refractivity contribution in [2.45, 2.75) is 13.3 Å². The van der Waals surface area contributed by atoms with E-state index in [9.17, 15) is 4.79 Å². The summed E-state index contributed by atoms with van der Waals surface area (Å²) < 4.78 is 5.92. The number of carbonyl (C=O) groups excluding carboxylic acids is 1. The highest BCUT2D eigenvalue weighted by atomic mass is 79.9. The van der Waals surface area contributed by atoms with Gasteiger partial charge < -0.3 is 4.74 Å². The zero-order valence-corrected chi connectivity index (χ0v) is 9.00. The van der Waals surface area contributed by atoms with E-state index in [1.165, 1.54) is 0 Å². The van der Waals surface area contributed by atoms with E-state index in [1.54, 1.807) is 12.1 Å². The average Bonchev–Trinajstić information content (AvgIpc) is 2.15. The van der Waals surface area contributed by atoms with Gasteiger partial charge >= 0.3 is 5.97 Å². The van der Waals surface area contributed by atoms with Gasteiger partial charge in [-0.1, -0.05) is 22.9 Å². The first-order valence-corrected chi connectivity index (χ1v) is 4.96. The molecule has 0 atom stereocenters. The van der Waals surface area contributed by atoms with E-state index < -0.39 is 0 Å². The van der Waals surface area contributed by atoms with Gasteiger partial charge in [-0.2, -0.15) is 0 Å². The topological polar surface area (TPSA) is 26.3 Å². The summed E-state index contributed by atoms with van der Waals surface area (Å²) in [5.41, 5.74) is 0.594. The highest BCUT2D eigenvalue weighted by molar-refractivity contribution is 9.10. The molecule has 1 aromatic carbocycles. The molecule has 1 aromatic rings. The maximum atomic E-state index is 11.3. The van der Waals surface area contributed by atoms with Crippen LogP contribution in [0.3, 0.4) is 0 Å². The fraction of sp³-hybridized carbons (Fsp3) is 0.300. The normalized spacial score (nSPS) is 9.69. The molecule has 1 rings (SSSR count). The molecule has 0 spiro atoms. The third-order valence-corrected chi connectivity index (χ3v) is 2.05. The molecule has 0 radical (unpaired) electrons. The molecule has 0 aliphatic carbocycles. The summed E-state index contributed by atoms with van der Waals surface area (Å²) in [6.45, 7) is 2.45. The number of halogens is 1. The minimum atomic E-state index is -0.255. The van der Waals surface area contributed by atoms with Gasteiger partial charge in [0.2, 0.25) is 0 Å². The molecule has 3 heteroatoms. The Hall–Kier alpha value is -0.830. The van der Waals surface area contributed by atoms with Crippen molar-refractivity contribution in [3.05, 3.63) is 34.3 Å². The first-order chi connectivity index (χ1) is 6.24. The highest BCUT2D eigenvalue weighted by Gasteiger charge is 2.04. The van der Waals surface area contributed by atoms with E-state index >= 15 is 0 Å². The molecule has 0 bridgehead atoms. The Kier molecular flexibility index (Phi) is 3.96. The second kappa shape index (κ2) is 5.02. The van der Waals surface area contributed by atoms with Crippen LogP contribution < -0.4 is 0 Å². The Labute approximate surface area is 86.0 Å². The molecule has 0 saturated carbocycles. The van der Waals surface area contributed by atoms with Crippen molar-refractivity contribution < 1.29 is 9.53 Å². The molecule has 0 saturated heterocycles. The van der Waals surface area contributed by atoms with Crippen LogP contribution in [0.1, 0.15) is 23.7 Å². The third kappa shape index (κ3) is 3.19. The van der Waals surface area contributed by atoms with Gasteiger partial charge in [0.05, 0.1) is 12.2 Å². The Morgan fingerprint density at radius 1 is 1.38 bits per heavy atom. The van der Waals surface area contributed by atoms with Crippen LogP contribution in [0, 0.1) is 0 Å². The summed E-state index contributed by atoms with van der Waals surface area (Å²) in [6.07, 6.45) is 0.849. The molecule has 70 valence electrons. The summed E-state index contributed by atoms with van der Waals surface area (Å²) >= 11 is 3.30. The summed E-state index contributed by atoms with van der Waals surface area (Å²) in [5.74, 6) is -0.255. The van der Waals surface area contributed by atoms with Crippen molar-refractivity contribution in [3.63, 3.8) is 0 Å². The van der Waals surface area contributed by atoms with Gasteiger partial charge in [-0.3, -0.25) is 0 Å². The monoisotopic (exact) mass is 242 g/mol. The molecule has 0 aliphatic rings. The van der Waals surface area contributed by atoms with Gasteiger partial charge in [0.25, 0.3) is 0 Å². The molecule has 2 nitrogen and oxygen atoms in total. The molecular weight excluding hydrogens is 232 g/mol. The van der Waals surface area contributed by atoms with Crippen LogP contribution in [0.4, 0.5) is 0 Å². The number of hydrogen-bond acceptors (Lipinski definition) is 2. The number of benzene rings is 1. The fourth-order valence-electron chi connectivity index (χ4n) is 0.864. The molecule has 0 amide bonds. The number of rotatable bonds is 3. The third-order valence-electron chi connectivity index (χ3n) is 1.52. The molecule has 0 heterocycles. The van der Waals surface area contributed by atoms with E-state index in [1.807, 2.05) is 19.1 Å². The van der Waals surface area contributed by atoms with Crippen molar-refractivity contribution in [3.8, 4) is 0 Å². The fourth-order valence-corrected chi connectivity index (χ4v) is 1.13. The van der Waals surface area contributed by atoms with Gasteiger partial charge in [-0.25, -0.2) is 4.79 Å². The lowest BCUT2D eigenvalue weighted by atomic mass is 10.2. The lowest BCUT2D eigenvalue weighted by Crippen LogP contribution is -2.05. The van der Waals surface area contributed by atoms with Crippen molar-refractivity contribution >= 4 is 21.9 Å². The molecule has 0 N–H and O–H groups in total. The molecule has 0 aromatic heterocycles. The first-order valence-electron chi connectivity index (χ1n) is 4.16. The summed E-state index contributed by atoms with van der Waals surface area (Å²) in [7, 11) is 0. The average molecular weight is 243 g/mol. The number of carbonyl (C=O) groups is 1. The molecule has 0 unspecified atom stereocenters. The van der Waals surface area contributed by atoms with Gasteiger partial charge in [0.1, 0.15) is 0 Å². The van der Waals surface area contributed by atoms with Gasteiger partial charge in [0, 0.05) is 4.47 Å². The summed E-state index contributed by atoms with van der Waals surface area (Å²) in [6, 6.07) is 7.12. The van der Waals surface area contributed by atoms with Crippen LogP contribution in [0.5, 0.6) is 0 Å². The SMILES string of the molecule is CCCOC(=O)c1ccc(Br)cc1. The zero-order valence-electron chi connectivity index (χ0n) is 7.42. The summed E-state index contributed by atoms with van der Waals surface area (Å²) in [5, 5.41) is 0. The van der Waals surface area contributed by atoms with Crippen molar-refractivity contribution in [2.24, 2.45) is 0 Å². The highest BCUT2D eigenvalue weighted by Crippen LogP contribution is 2.11. The van der Waals surface area contributed by atoms with Crippen LogP contribution in [-0.4, -0.2) is 12.6 Å². The molecule has 13 heavy (non-hydrogen) atoms.